The van der Waals surface area contributed by atoms with Gasteiger partial charge in [0.1, 0.15) is 0 Å². The van der Waals surface area contributed by atoms with Crippen LogP contribution in [0.4, 0.5) is 0 Å². The van der Waals surface area contributed by atoms with Gasteiger partial charge >= 0.3 is 0 Å². The van der Waals surface area contributed by atoms with E-state index in [1.807, 2.05) is 0 Å². The van der Waals surface area contributed by atoms with Crippen molar-refractivity contribution in [3.05, 3.63) is 34.9 Å². The third-order valence-electron chi connectivity index (χ3n) is 4.85. The molecule has 0 radical (unpaired) electrons. The molecular formula is C19H31N. The van der Waals surface area contributed by atoms with Gasteiger partial charge in [-0.1, -0.05) is 56.0 Å². The van der Waals surface area contributed by atoms with Gasteiger partial charge in [0, 0.05) is 6.04 Å². The van der Waals surface area contributed by atoms with Crippen molar-refractivity contribution in [2.24, 2.45) is 11.8 Å². The summed E-state index contributed by atoms with van der Waals surface area (Å²) >= 11 is 0. The molecule has 1 aromatic carbocycles. The number of aryl methyl sites for hydroxylation is 2. The third-order valence-corrected chi connectivity index (χ3v) is 4.85. The average molecular weight is 273 g/mol. The Morgan fingerprint density at radius 3 is 2.35 bits per heavy atom. The molecule has 3 atom stereocenters. The van der Waals surface area contributed by atoms with Crippen molar-refractivity contribution in [2.75, 3.05) is 6.54 Å². The summed E-state index contributed by atoms with van der Waals surface area (Å²) in [5.41, 5.74) is 4.30. The molecular weight excluding hydrogens is 242 g/mol. The molecule has 1 aliphatic rings. The van der Waals surface area contributed by atoms with E-state index in [9.17, 15) is 0 Å². The second-order valence-electron chi connectivity index (χ2n) is 6.70. The lowest BCUT2D eigenvalue weighted by Crippen LogP contribution is -2.28. The monoisotopic (exact) mass is 273 g/mol. The predicted octanol–water partition coefficient (Wildman–Crippen LogP) is 5.17. The van der Waals surface area contributed by atoms with Crippen molar-refractivity contribution in [1.82, 2.24) is 5.32 Å². The van der Waals surface area contributed by atoms with Gasteiger partial charge in [-0.25, -0.2) is 0 Å². The van der Waals surface area contributed by atoms with Crippen molar-refractivity contribution in [3.63, 3.8) is 0 Å². The molecule has 0 aliphatic heterocycles. The highest BCUT2D eigenvalue weighted by atomic mass is 14.9. The summed E-state index contributed by atoms with van der Waals surface area (Å²) in [6, 6.07) is 7.62. The maximum Gasteiger partial charge on any atom is 0.0348 e. The van der Waals surface area contributed by atoms with Crippen LogP contribution in [0.3, 0.4) is 0 Å². The minimum atomic E-state index is 0.560. The zero-order valence-electron chi connectivity index (χ0n) is 13.7. The predicted molar refractivity (Wildman–Crippen MR) is 88.1 cm³/mol. The van der Waals surface area contributed by atoms with Crippen LogP contribution in [-0.2, 0) is 0 Å². The van der Waals surface area contributed by atoms with E-state index >= 15 is 0 Å². The average Bonchev–Trinajstić information content (AvgIpc) is 2.87. The van der Waals surface area contributed by atoms with Crippen molar-refractivity contribution in [3.8, 4) is 0 Å². The summed E-state index contributed by atoms with van der Waals surface area (Å²) in [5, 5.41) is 3.83. The van der Waals surface area contributed by atoms with Crippen molar-refractivity contribution in [2.45, 2.75) is 65.8 Å². The maximum absolute atomic E-state index is 3.83. The fourth-order valence-corrected chi connectivity index (χ4v) is 3.83. The highest BCUT2D eigenvalue weighted by Gasteiger charge is 2.30. The Morgan fingerprint density at radius 2 is 1.80 bits per heavy atom. The lowest BCUT2D eigenvalue weighted by Gasteiger charge is -2.26. The Labute approximate surface area is 125 Å². The normalized spacial score (nSPS) is 24.0. The highest BCUT2D eigenvalue weighted by Crippen LogP contribution is 2.40. The molecule has 1 aliphatic carbocycles. The Bertz CT molecular complexity index is 404. The van der Waals surface area contributed by atoms with Gasteiger partial charge in [-0.2, -0.15) is 0 Å². The van der Waals surface area contributed by atoms with Crippen molar-refractivity contribution < 1.29 is 0 Å². The fraction of sp³-hybridized carbons (Fsp3) is 0.684. The number of nitrogens with one attached hydrogen (secondary N) is 1. The first-order valence-electron chi connectivity index (χ1n) is 8.45. The second kappa shape index (κ2) is 7.26. The molecule has 0 spiro atoms. The molecule has 20 heavy (non-hydrogen) atoms. The number of hydrogen-bond acceptors (Lipinski definition) is 1. The number of hydrogen-bond donors (Lipinski definition) is 1. The summed E-state index contributed by atoms with van der Waals surface area (Å²) in [6.45, 7) is 10.2. The molecule has 1 N–H and O–H groups in total. The van der Waals surface area contributed by atoms with Gasteiger partial charge in [0.05, 0.1) is 0 Å². The van der Waals surface area contributed by atoms with Crippen LogP contribution >= 0.6 is 0 Å². The van der Waals surface area contributed by atoms with E-state index in [0.29, 0.717) is 6.04 Å². The van der Waals surface area contributed by atoms with Crippen molar-refractivity contribution >= 4 is 0 Å². The first kappa shape index (κ1) is 15.6. The summed E-state index contributed by atoms with van der Waals surface area (Å²) in [4.78, 5) is 0. The van der Waals surface area contributed by atoms with Gasteiger partial charge in [0.25, 0.3) is 0 Å². The third kappa shape index (κ3) is 3.85. The van der Waals surface area contributed by atoms with Crippen LogP contribution in [0.1, 0.15) is 68.7 Å². The molecule has 1 fully saturated rings. The molecule has 112 valence electrons. The van der Waals surface area contributed by atoms with Gasteiger partial charge < -0.3 is 5.32 Å². The number of rotatable bonds is 6. The second-order valence-corrected chi connectivity index (χ2v) is 6.70. The largest absolute Gasteiger partial charge is 0.310 e. The van der Waals surface area contributed by atoms with E-state index in [1.165, 1.54) is 48.8 Å². The van der Waals surface area contributed by atoms with Crippen LogP contribution in [0.5, 0.6) is 0 Å². The van der Waals surface area contributed by atoms with Gasteiger partial charge in [-0.3, -0.25) is 0 Å². The SMILES string of the molecule is CCCNC(c1cc(C)cc(C)c1)C1CCC(CC)C1. The molecule has 1 saturated carbocycles. The van der Waals surface area contributed by atoms with Gasteiger partial charge in [0.15, 0.2) is 0 Å². The van der Waals surface area contributed by atoms with Crippen LogP contribution < -0.4 is 5.32 Å². The quantitative estimate of drug-likeness (QED) is 0.754. The lowest BCUT2D eigenvalue weighted by atomic mass is 9.88. The van der Waals surface area contributed by atoms with E-state index in [2.05, 4.69) is 51.2 Å². The molecule has 1 heteroatoms. The van der Waals surface area contributed by atoms with Crippen molar-refractivity contribution in [1.29, 1.82) is 0 Å². The summed E-state index contributed by atoms with van der Waals surface area (Å²) in [6.07, 6.45) is 6.79. The van der Waals surface area contributed by atoms with Crippen LogP contribution in [0, 0.1) is 25.7 Å². The molecule has 0 heterocycles. The maximum atomic E-state index is 3.83. The van der Waals surface area contributed by atoms with Gasteiger partial charge in [0.2, 0.25) is 0 Å². The Kier molecular flexibility index (Phi) is 5.65. The molecule has 1 nitrogen and oxygen atoms in total. The highest BCUT2D eigenvalue weighted by molar-refractivity contribution is 5.31. The summed E-state index contributed by atoms with van der Waals surface area (Å²) < 4.78 is 0. The Morgan fingerprint density at radius 1 is 1.10 bits per heavy atom. The molecule has 3 unspecified atom stereocenters. The van der Waals surface area contributed by atoms with E-state index in [-0.39, 0.29) is 0 Å². The van der Waals surface area contributed by atoms with E-state index in [4.69, 9.17) is 0 Å². The minimum absolute atomic E-state index is 0.560. The smallest absolute Gasteiger partial charge is 0.0348 e. The zero-order valence-corrected chi connectivity index (χ0v) is 13.7. The molecule has 0 bridgehead atoms. The molecule has 0 saturated heterocycles. The van der Waals surface area contributed by atoms with E-state index in [0.717, 1.165) is 18.4 Å². The van der Waals surface area contributed by atoms with E-state index in [1.54, 1.807) is 0 Å². The topological polar surface area (TPSA) is 12.0 Å². The summed E-state index contributed by atoms with van der Waals surface area (Å²) in [5.74, 6) is 1.78. The zero-order chi connectivity index (χ0) is 14.5. The van der Waals surface area contributed by atoms with Gasteiger partial charge in [-0.15, -0.1) is 0 Å². The Balaban J connectivity index is 2.18. The van der Waals surface area contributed by atoms with Crippen LogP contribution in [-0.4, -0.2) is 6.54 Å². The number of benzene rings is 1. The molecule has 1 aromatic rings. The van der Waals surface area contributed by atoms with Crippen LogP contribution in [0.25, 0.3) is 0 Å². The standard InChI is InChI=1S/C19H31N/c1-5-9-20-19(17-8-7-16(6-2)13-17)18-11-14(3)10-15(4)12-18/h10-12,16-17,19-20H,5-9,13H2,1-4H3. The van der Waals surface area contributed by atoms with Gasteiger partial charge in [-0.05, 0) is 57.1 Å². The molecule has 0 aromatic heterocycles. The Hall–Kier alpha value is -0.820. The lowest BCUT2D eigenvalue weighted by molar-refractivity contribution is 0.354. The van der Waals surface area contributed by atoms with E-state index < -0.39 is 0 Å². The van der Waals surface area contributed by atoms with Crippen LogP contribution in [0.2, 0.25) is 0 Å². The molecule has 2 rings (SSSR count). The van der Waals surface area contributed by atoms with Crippen LogP contribution in [0.15, 0.2) is 18.2 Å². The first-order chi connectivity index (χ1) is 9.63. The fourth-order valence-electron chi connectivity index (χ4n) is 3.83. The minimum Gasteiger partial charge on any atom is -0.310 e. The first-order valence-corrected chi connectivity index (χ1v) is 8.45. The summed E-state index contributed by atoms with van der Waals surface area (Å²) in [7, 11) is 0. The molecule has 0 amide bonds.